The number of rotatable bonds is 6. The van der Waals surface area contributed by atoms with Crippen LogP contribution in [0, 0.1) is 24.0 Å². The molecular weight excluding hydrogens is 538 g/mol. The highest BCUT2D eigenvalue weighted by molar-refractivity contribution is 9.10. The van der Waals surface area contributed by atoms with Gasteiger partial charge in [0.1, 0.15) is 18.1 Å². The Balaban J connectivity index is 1.48. The molecule has 3 aromatic rings. The molecule has 1 saturated heterocycles. The molecule has 2 heterocycles. The summed E-state index contributed by atoms with van der Waals surface area (Å²) in [5.41, 5.74) is 2.93. The molecule has 4 rings (SSSR count). The fourth-order valence-electron chi connectivity index (χ4n) is 3.49. The fourth-order valence-corrected chi connectivity index (χ4v) is 4.87. The number of para-hydroxylation sites is 1. The Hall–Kier alpha value is -3.70. The standard InChI is InChI=1S/C24H18BrN3O6S/c1-13-4-3-5-14(2)22(13)26-21(29)12-27-23(30)20(35-24(27)31)11-16-7-9-19(34-16)17-8-6-15(28(32)33)10-18(17)25/h3-11H,12H2,1-2H3,(H,26,29)/b20-11+. The first-order valence-corrected chi connectivity index (χ1v) is 11.9. The molecule has 0 spiro atoms. The predicted molar refractivity (Wildman–Crippen MR) is 136 cm³/mol. The molecule has 2 aromatic carbocycles. The van der Waals surface area contributed by atoms with Crippen LogP contribution < -0.4 is 5.32 Å². The summed E-state index contributed by atoms with van der Waals surface area (Å²) >= 11 is 4.02. The molecule has 0 saturated carbocycles. The third-order valence-corrected chi connectivity index (χ3v) is 6.81. The van der Waals surface area contributed by atoms with E-state index in [0.29, 0.717) is 27.2 Å². The number of nitro benzene ring substituents is 1. The van der Waals surface area contributed by atoms with Crippen LogP contribution >= 0.6 is 27.7 Å². The van der Waals surface area contributed by atoms with E-state index in [1.807, 2.05) is 32.0 Å². The Labute approximate surface area is 212 Å². The summed E-state index contributed by atoms with van der Waals surface area (Å²) in [6.07, 6.45) is 1.43. The summed E-state index contributed by atoms with van der Waals surface area (Å²) < 4.78 is 6.24. The third kappa shape index (κ3) is 5.20. The number of imide groups is 1. The lowest BCUT2D eigenvalue weighted by molar-refractivity contribution is -0.384. The Morgan fingerprint density at radius 2 is 1.89 bits per heavy atom. The number of nitro groups is 1. The number of hydrogen-bond acceptors (Lipinski definition) is 7. The van der Waals surface area contributed by atoms with Gasteiger partial charge in [0.15, 0.2) is 0 Å². The van der Waals surface area contributed by atoms with E-state index in [2.05, 4.69) is 21.2 Å². The number of carbonyl (C=O) groups excluding carboxylic acids is 3. The van der Waals surface area contributed by atoms with Gasteiger partial charge in [-0.15, -0.1) is 0 Å². The minimum Gasteiger partial charge on any atom is -0.457 e. The number of aryl methyl sites for hydroxylation is 2. The first-order valence-electron chi connectivity index (χ1n) is 10.3. The average molecular weight is 556 g/mol. The molecule has 9 nitrogen and oxygen atoms in total. The summed E-state index contributed by atoms with van der Waals surface area (Å²) in [4.78, 5) is 49.2. The summed E-state index contributed by atoms with van der Waals surface area (Å²) in [7, 11) is 0. The Kier molecular flexibility index (Phi) is 6.90. The second-order valence-corrected chi connectivity index (χ2v) is 9.55. The quantitative estimate of drug-likeness (QED) is 0.228. The van der Waals surface area contributed by atoms with Crippen LogP contribution in [0.5, 0.6) is 0 Å². The van der Waals surface area contributed by atoms with Crippen LogP contribution in [-0.4, -0.2) is 33.4 Å². The van der Waals surface area contributed by atoms with Crippen LogP contribution in [0.2, 0.25) is 0 Å². The van der Waals surface area contributed by atoms with Gasteiger partial charge in [-0.1, -0.05) is 18.2 Å². The van der Waals surface area contributed by atoms with Crippen molar-refractivity contribution >= 4 is 62.2 Å². The van der Waals surface area contributed by atoms with Gasteiger partial charge >= 0.3 is 0 Å². The van der Waals surface area contributed by atoms with Crippen molar-refractivity contribution < 1.29 is 23.7 Å². The Bertz CT molecular complexity index is 1390. The highest BCUT2D eigenvalue weighted by Crippen LogP contribution is 2.35. The number of benzene rings is 2. The number of thioether (sulfide) groups is 1. The van der Waals surface area contributed by atoms with Crippen LogP contribution in [0.4, 0.5) is 16.2 Å². The number of nitrogens with one attached hydrogen (secondary N) is 1. The molecule has 35 heavy (non-hydrogen) atoms. The highest BCUT2D eigenvalue weighted by Gasteiger charge is 2.36. The molecular formula is C24H18BrN3O6S. The van der Waals surface area contributed by atoms with E-state index in [1.165, 1.54) is 18.2 Å². The maximum atomic E-state index is 12.8. The number of furan rings is 1. The van der Waals surface area contributed by atoms with Gasteiger partial charge in [-0.25, -0.2) is 0 Å². The molecule has 11 heteroatoms. The van der Waals surface area contributed by atoms with Gasteiger partial charge in [-0.3, -0.25) is 29.4 Å². The number of amides is 3. The molecule has 0 radical (unpaired) electrons. The number of nitrogens with zero attached hydrogens (tertiary/aromatic N) is 2. The van der Waals surface area contributed by atoms with Gasteiger partial charge in [0.05, 0.1) is 9.83 Å². The van der Waals surface area contributed by atoms with E-state index in [1.54, 1.807) is 18.2 Å². The average Bonchev–Trinajstić information content (AvgIpc) is 3.36. The number of carbonyl (C=O) groups is 3. The van der Waals surface area contributed by atoms with Gasteiger partial charge in [-0.05, 0) is 70.9 Å². The minimum absolute atomic E-state index is 0.0669. The van der Waals surface area contributed by atoms with Gasteiger partial charge < -0.3 is 9.73 Å². The maximum absolute atomic E-state index is 12.8. The van der Waals surface area contributed by atoms with Crippen molar-refractivity contribution in [2.75, 3.05) is 11.9 Å². The molecule has 0 bridgehead atoms. The second-order valence-electron chi connectivity index (χ2n) is 7.71. The van der Waals surface area contributed by atoms with E-state index in [4.69, 9.17) is 4.42 Å². The number of halogens is 1. The van der Waals surface area contributed by atoms with Crippen molar-refractivity contribution in [3.8, 4) is 11.3 Å². The van der Waals surface area contributed by atoms with Crippen molar-refractivity contribution in [3.63, 3.8) is 0 Å². The van der Waals surface area contributed by atoms with E-state index in [0.717, 1.165) is 27.8 Å². The summed E-state index contributed by atoms with van der Waals surface area (Å²) in [5.74, 6) is -0.332. The van der Waals surface area contributed by atoms with E-state index < -0.39 is 28.5 Å². The summed E-state index contributed by atoms with van der Waals surface area (Å²) in [5, 5.41) is 13.1. The largest absolute Gasteiger partial charge is 0.457 e. The van der Waals surface area contributed by atoms with Crippen LogP contribution in [-0.2, 0) is 9.59 Å². The number of hydrogen-bond donors (Lipinski definition) is 1. The molecule has 1 aliphatic rings. The topological polar surface area (TPSA) is 123 Å². The molecule has 1 aliphatic heterocycles. The van der Waals surface area contributed by atoms with Crippen molar-refractivity contribution in [2.24, 2.45) is 0 Å². The Morgan fingerprint density at radius 1 is 1.17 bits per heavy atom. The minimum atomic E-state index is -0.592. The highest BCUT2D eigenvalue weighted by atomic mass is 79.9. The molecule has 0 unspecified atom stereocenters. The molecule has 1 N–H and O–H groups in total. The van der Waals surface area contributed by atoms with Crippen LogP contribution in [0.3, 0.4) is 0 Å². The van der Waals surface area contributed by atoms with E-state index >= 15 is 0 Å². The van der Waals surface area contributed by atoms with Gasteiger partial charge in [0, 0.05) is 33.9 Å². The SMILES string of the molecule is Cc1cccc(C)c1NC(=O)CN1C(=O)S/C(=C/c2ccc(-c3ccc([N+](=O)[O-])cc3Br)o2)C1=O. The van der Waals surface area contributed by atoms with Crippen LogP contribution in [0.1, 0.15) is 16.9 Å². The zero-order chi connectivity index (χ0) is 25.3. The van der Waals surface area contributed by atoms with Crippen molar-refractivity contribution in [3.05, 3.63) is 84.9 Å². The molecule has 178 valence electrons. The van der Waals surface area contributed by atoms with Crippen molar-refractivity contribution in [2.45, 2.75) is 13.8 Å². The first-order chi connectivity index (χ1) is 16.6. The van der Waals surface area contributed by atoms with Gasteiger partial charge in [0.2, 0.25) is 5.91 Å². The zero-order valence-corrected chi connectivity index (χ0v) is 20.9. The monoisotopic (exact) mass is 555 g/mol. The lowest BCUT2D eigenvalue weighted by atomic mass is 10.1. The van der Waals surface area contributed by atoms with Gasteiger partial charge in [0.25, 0.3) is 16.8 Å². The van der Waals surface area contributed by atoms with E-state index in [-0.39, 0.29) is 10.6 Å². The lowest BCUT2D eigenvalue weighted by Crippen LogP contribution is -2.36. The number of anilines is 1. The molecule has 0 atom stereocenters. The van der Waals surface area contributed by atoms with Crippen molar-refractivity contribution in [1.82, 2.24) is 4.90 Å². The zero-order valence-electron chi connectivity index (χ0n) is 18.5. The predicted octanol–water partition coefficient (Wildman–Crippen LogP) is 5.91. The maximum Gasteiger partial charge on any atom is 0.294 e. The first kappa shape index (κ1) is 24.4. The lowest BCUT2D eigenvalue weighted by Gasteiger charge is -2.15. The van der Waals surface area contributed by atoms with Crippen LogP contribution in [0.15, 0.2) is 62.3 Å². The third-order valence-electron chi connectivity index (χ3n) is 5.25. The Morgan fingerprint density at radius 3 is 2.54 bits per heavy atom. The molecule has 3 amide bonds. The second kappa shape index (κ2) is 9.88. The van der Waals surface area contributed by atoms with Crippen molar-refractivity contribution in [1.29, 1.82) is 0 Å². The fraction of sp³-hybridized carbons (Fsp3) is 0.125. The smallest absolute Gasteiger partial charge is 0.294 e. The molecule has 0 aliphatic carbocycles. The summed E-state index contributed by atoms with van der Waals surface area (Å²) in [6, 6.07) is 13.1. The van der Waals surface area contributed by atoms with Crippen LogP contribution in [0.25, 0.3) is 17.4 Å². The van der Waals surface area contributed by atoms with Gasteiger partial charge in [-0.2, -0.15) is 0 Å². The molecule has 1 aromatic heterocycles. The normalized spacial score (nSPS) is 14.6. The van der Waals surface area contributed by atoms with E-state index in [9.17, 15) is 24.5 Å². The summed E-state index contributed by atoms with van der Waals surface area (Å²) in [6.45, 7) is 3.31. The molecule has 1 fully saturated rings. The number of non-ortho nitro benzene ring substituents is 1.